The SMILES string of the molecule is NC1(Cc2ccc(Br)cc2)CCCOCC1. The number of rotatable bonds is 2. The van der Waals surface area contributed by atoms with Gasteiger partial charge in [0.2, 0.25) is 0 Å². The van der Waals surface area contributed by atoms with E-state index in [4.69, 9.17) is 10.5 Å². The van der Waals surface area contributed by atoms with Crippen molar-refractivity contribution in [1.82, 2.24) is 0 Å². The van der Waals surface area contributed by atoms with Crippen LogP contribution in [0.4, 0.5) is 0 Å². The first kappa shape index (κ1) is 12.1. The molecule has 2 rings (SSSR count). The van der Waals surface area contributed by atoms with Gasteiger partial charge in [0.15, 0.2) is 0 Å². The van der Waals surface area contributed by atoms with Crippen LogP contribution in [0.2, 0.25) is 0 Å². The quantitative estimate of drug-likeness (QED) is 0.906. The van der Waals surface area contributed by atoms with Gasteiger partial charge in [0.1, 0.15) is 0 Å². The van der Waals surface area contributed by atoms with E-state index >= 15 is 0 Å². The molecule has 0 radical (unpaired) electrons. The van der Waals surface area contributed by atoms with E-state index in [0.29, 0.717) is 0 Å². The van der Waals surface area contributed by atoms with Gasteiger partial charge in [-0.25, -0.2) is 0 Å². The summed E-state index contributed by atoms with van der Waals surface area (Å²) in [6.45, 7) is 1.66. The number of benzene rings is 1. The van der Waals surface area contributed by atoms with E-state index in [1.165, 1.54) is 5.56 Å². The summed E-state index contributed by atoms with van der Waals surface area (Å²) in [6.07, 6.45) is 4.04. The highest BCUT2D eigenvalue weighted by Crippen LogP contribution is 2.24. The first-order valence-electron chi connectivity index (χ1n) is 5.79. The zero-order valence-corrected chi connectivity index (χ0v) is 11.0. The van der Waals surface area contributed by atoms with Gasteiger partial charge < -0.3 is 10.5 Å². The maximum absolute atomic E-state index is 6.44. The standard InChI is InChI=1S/C13H18BrNO/c14-12-4-2-11(3-5-12)10-13(15)6-1-8-16-9-7-13/h2-5H,1,6-10,15H2. The third-order valence-corrected chi connectivity index (χ3v) is 3.71. The third-order valence-electron chi connectivity index (χ3n) is 3.18. The monoisotopic (exact) mass is 283 g/mol. The molecule has 1 atom stereocenters. The Bertz CT molecular complexity index is 328. The molecular weight excluding hydrogens is 266 g/mol. The molecule has 2 N–H and O–H groups in total. The molecule has 1 fully saturated rings. The Hall–Kier alpha value is -0.380. The van der Waals surface area contributed by atoms with Crippen molar-refractivity contribution in [2.45, 2.75) is 31.2 Å². The fourth-order valence-corrected chi connectivity index (χ4v) is 2.48. The maximum atomic E-state index is 6.44. The highest BCUT2D eigenvalue weighted by molar-refractivity contribution is 9.10. The third kappa shape index (κ3) is 3.30. The van der Waals surface area contributed by atoms with Gasteiger partial charge in [0.05, 0.1) is 0 Å². The van der Waals surface area contributed by atoms with Gasteiger partial charge in [-0.05, 0) is 43.4 Å². The number of nitrogens with two attached hydrogens (primary N) is 1. The van der Waals surface area contributed by atoms with Crippen LogP contribution < -0.4 is 5.73 Å². The van der Waals surface area contributed by atoms with Crippen molar-refractivity contribution in [2.75, 3.05) is 13.2 Å². The molecule has 0 aromatic heterocycles. The maximum Gasteiger partial charge on any atom is 0.0483 e. The highest BCUT2D eigenvalue weighted by Gasteiger charge is 2.26. The van der Waals surface area contributed by atoms with Crippen LogP contribution in [-0.2, 0) is 11.2 Å². The van der Waals surface area contributed by atoms with E-state index in [1.54, 1.807) is 0 Å². The second-order valence-electron chi connectivity index (χ2n) is 4.63. The fraction of sp³-hybridized carbons (Fsp3) is 0.538. The molecule has 1 aromatic carbocycles. The van der Waals surface area contributed by atoms with Crippen molar-refractivity contribution in [3.8, 4) is 0 Å². The van der Waals surface area contributed by atoms with Crippen LogP contribution in [0.5, 0.6) is 0 Å². The summed E-state index contributed by atoms with van der Waals surface area (Å²) < 4.78 is 6.58. The molecule has 88 valence electrons. The largest absolute Gasteiger partial charge is 0.381 e. The number of hydrogen-bond acceptors (Lipinski definition) is 2. The van der Waals surface area contributed by atoms with Gasteiger partial charge in [-0.15, -0.1) is 0 Å². The van der Waals surface area contributed by atoms with Gasteiger partial charge in [-0.1, -0.05) is 28.1 Å². The molecule has 1 unspecified atom stereocenters. The average molecular weight is 284 g/mol. The predicted octanol–water partition coefficient (Wildman–Crippen LogP) is 2.89. The van der Waals surface area contributed by atoms with Gasteiger partial charge in [-0.3, -0.25) is 0 Å². The average Bonchev–Trinajstić information content (AvgIpc) is 2.47. The summed E-state index contributed by atoms with van der Waals surface area (Å²) in [6, 6.07) is 8.44. The smallest absolute Gasteiger partial charge is 0.0483 e. The van der Waals surface area contributed by atoms with Crippen LogP contribution in [0, 0.1) is 0 Å². The van der Waals surface area contributed by atoms with Crippen LogP contribution in [0.25, 0.3) is 0 Å². The zero-order chi connectivity index (χ0) is 11.4. The molecule has 0 saturated carbocycles. The molecule has 1 heterocycles. The summed E-state index contributed by atoms with van der Waals surface area (Å²) in [4.78, 5) is 0. The van der Waals surface area contributed by atoms with Crippen LogP contribution in [0.3, 0.4) is 0 Å². The van der Waals surface area contributed by atoms with Gasteiger partial charge in [-0.2, -0.15) is 0 Å². The van der Waals surface area contributed by atoms with Crippen LogP contribution in [-0.4, -0.2) is 18.8 Å². The van der Waals surface area contributed by atoms with E-state index in [2.05, 4.69) is 40.2 Å². The lowest BCUT2D eigenvalue weighted by atomic mass is 9.85. The highest BCUT2D eigenvalue weighted by atomic mass is 79.9. The molecule has 1 saturated heterocycles. The fourth-order valence-electron chi connectivity index (χ4n) is 2.21. The minimum atomic E-state index is -0.0790. The molecule has 0 spiro atoms. The predicted molar refractivity (Wildman–Crippen MR) is 69.4 cm³/mol. The van der Waals surface area contributed by atoms with Gasteiger partial charge in [0.25, 0.3) is 0 Å². The van der Waals surface area contributed by atoms with E-state index in [-0.39, 0.29) is 5.54 Å². The molecule has 0 aliphatic carbocycles. The Balaban J connectivity index is 2.04. The minimum absolute atomic E-state index is 0.0790. The van der Waals surface area contributed by atoms with Gasteiger partial charge >= 0.3 is 0 Å². The Morgan fingerprint density at radius 2 is 1.94 bits per heavy atom. The lowest BCUT2D eigenvalue weighted by Gasteiger charge is -2.27. The summed E-state index contributed by atoms with van der Waals surface area (Å²) in [5.41, 5.74) is 7.67. The van der Waals surface area contributed by atoms with Crippen molar-refractivity contribution in [1.29, 1.82) is 0 Å². The molecular formula is C13H18BrNO. The normalized spacial score (nSPS) is 26.4. The van der Waals surface area contributed by atoms with Crippen molar-refractivity contribution in [3.05, 3.63) is 34.3 Å². The lowest BCUT2D eigenvalue weighted by Crippen LogP contribution is -2.42. The van der Waals surface area contributed by atoms with Crippen molar-refractivity contribution in [2.24, 2.45) is 5.73 Å². The molecule has 1 aliphatic heterocycles. The Morgan fingerprint density at radius 1 is 1.19 bits per heavy atom. The Kier molecular flexibility index (Phi) is 4.00. The van der Waals surface area contributed by atoms with E-state index < -0.39 is 0 Å². The van der Waals surface area contributed by atoms with E-state index in [9.17, 15) is 0 Å². The first-order chi connectivity index (χ1) is 7.68. The number of hydrogen-bond donors (Lipinski definition) is 1. The van der Waals surface area contributed by atoms with Crippen molar-refractivity contribution < 1.29 is 4.74 Å². The number of ether oxygens (including phenoxy) is 1. The molecule has 2 nitrogen and oxygen atoms in total. The summed E-state index contributed by atoms with van der Waals surface area (Å²) >= 11 is 3.45. The minimum Gasteiger partial charge on any atom is -0.381 e. The van der Waals surface area contributed by atoms with Crippen molar-refractivity contribution >= 4 is 15.9 Å². The van der Waals surface area contributed by atoms with Crippen LogP contribution in [0.1, 0.15) is 24.8 Å². The lowest BCUT2D eigenvalue weighted by molar-refractivity contribution is 0.139. The van der Waals surface area contributed by atoms with Crippen LogP contribution >= 0.6 is 15.9 Å². The molecule has 16 heavy (non-hydrogen) atoms. The summed E-state index contributed by atoms with van der Waals surface area (Å²) in [5.74, 6) is 0. The molecule has 0 amide bonds. The second-order valence-corrected chi connectivity index (χ2v) is 5.55. The van der Waals surface area contributed by atoms with Crippen LogP contribution in [0.15, 0.2) is 28.7 Å². The molecule has 3 heteroatoms. The summed E-state index contributed by atoms with van der Waals surface area (Å²) in [7, 11) is 0. The Morgan fingerprint density at radius 3 is 2.69 bits per heavy atom. The molecule has 1 aliphatic rings. The van der Waals surface area contributed by atoms with E-state index in [1.807, 2.05) is 0 Å². The molecule has 0 bridgehead atoms. The van der Waals surface area contributed by atoms with E-state index in [0.717, 1.165) is 43.4 Å². The number of halogens is 1. The van der Waals surface area contributed by atoms with Crippen molar-refractivity contribution in [3.63, 3.8) is 0 Å². The summed E-state index contributed by atoms with van der Waals surface area (Å²) in [5, 5.41) is 0. The van der Waals surface area contributed by atoms with Gasteiger partial charge in [0, 0.05) is 23.2 Å². The zero-order valence-electron chi connectivity index (χ0n) is 9.42. The Labute approximate surface area is 105 Å². The first-order valence-corrected chi connectivity index (χ1v) is 6.58. The topological polar surface area (TPSA) is 35.2 Å². The second kappa shape index (κ2) is 5.30. The molecule has 1 aromatic rings.